The number of ketones is 11. The van der Waals surface area contributed by atoms with Crippen molar-refractivity contribution < 1.29 is 111 Å². The molecular formula is C107H164N20O23. The SMILES string of the molecule is CC(=O)N[C@@H](CC(C)C)C(=O)N[C@H](C(=O)N[C@@H](Cc1ccccc1)C(=O)N[C@]1(C)CCCCCCC=CCCC[C@@](C)(C(=O)CN[C@@H](C)C(=O)CCC(=O)[C@H](C)NCCN[C@@H](C)C(=O)CCN[C@@H](C)C(=O)CCC(=O)[C@H](C)NCN(C)CC(N)=O)NC(=O)[C@H](CC(C)C)NN[C@@H](CCC(N)=O)C(=O)CC(=O)[C@H](C)NCC(=O)[C@H](Cc2c[nH]c3ccccc23)NC(=O)[C@H](Cc2ccc(O)cc2)NN[C@@H](CCC(=O)O)C(=O)C1=O)[C@@H](C)O. The molecule has 0 bridgehead atoms. The van der Waals surface area contributed by atoms with E-state index in [4.69, 9.17) is 11.5 Å². The second kappa shape index (κ2) is 65.9. The molecule has 830 valence electrons. The third kappa shape index (κ3) is 46.8. The van der Waals surface area contributed by atoms with Gasteiger partial charge in [-0.15, -0.1) is 0 Å². The molecule has 0 aliphatic carbocycles. The molecule has 0 radical (unpaired) electrons. The van der Waals surface area contributed by atoms with Gasteiger partial charge >= 0.3 is 5.97 Å². The lowest BCUT2D eigenvalue weighted by Crippen LogP contribution is -2.64. The molecule has 0 fully saturated rings. The molecule has 150 heavy (non-hydrogen) atoms. The van der Waals surface area contributed by atoms with E-state index in [0.717, 1.165) is 0 Å². The van der Waals surface area contributed by atoms with Gasteiger partial charge in [0.1, 0.15) is 64.6 Å². The number of hydrogen-bond donors (Lipinski definition) is 22. The van der Waals surface area contributed by atoms with Gasteiger partial charge in [0.25, 0.3) is 0 Å². The molecule has 1 aliphatic rings. The Morgan fingerprint density at radius 3 is 1.66 bits per heavy atom. The largest absolute Gasteiger partial charge is 0.508 e. The summed E-state index contributed by atoms with van der Waals surface area (Å²) in [6.07, 6.45) is 2.88. The van der Waals surface area contributed by atoms with E-state index in [-0.39, 0.29) is 163 Å². The van der Waals surface area contributed by atoms with E-state index < -0.39 is 228 Å². The van der Waals surface area contributed by atoms with E-state index in [2.05, 4.69) is 90.5 Å². The smallest absolute Gasteiger partial charge is 0.303 e. The number of phenolic OH excluding ortho intramolecular Hbond substituents is 1. The Labute approximate surface area is 878 Å². The van der Waals surface area contributed by atoms with Gasteiger partial charge < -0.3 is 90.3 Å². The van der Waals surface area contributed by atoms with Crippen molar-refractivity contribution >= 4 is 128 Å². The monoisotopic (exact) mass is 2100 g/mol. The Kier molecular flexibility index (Phi) is 56.3. The number of carbonyl (C=O) groups is 20. The number of nitrogens with zero attached hydrogens (tertiary/aromatic N) is 1. The molecular weight excluding hydrogens is 1930 g/mol. The summed E-state index contributed by atoms with van der Waals surface area (Å²) >= 11 is 0. The normalized spacial score (nSPS) is 21.3. The van der Waals surface area contributed by atoms with Gasteiger partial charge in [0.2, 0.25) is 58.8 Å². The lowest BCUT2D eigenvalue weighted by atomic mass is 9.84. The number of nitrogens with one attached hydrogen (secondary N) is 17. The molecule has 43 heteroatoms. The molecule has 8 amide bonds. The number of hydrazine groups is 2. The van der Waals surface area contributed by atoms with Crippen molar-refractivity contribution in [3.63, 3.8) is 0 Å². The number of phenols is 1. The highest BCUT2D eigenvalue weighted by atomic mass is 16.4. The van der Waals surface area contributed by atoms with Crippen LogP contribution in [0.1, 0.15) is 248 Å². The average molecular weight is 2100 g/mol. The molecule has 1 aliphatic heterocycles. The number of nitrogens with two attached hydrogens (primary N) is 2. The van der Waals surface area contributed by atoms with Gasteiger partial charge in [-0.2, -0.15) is 0 Å². The Hall–Kier alpha value is -12.1. The number of allylic oxidation sites excluding steroid dienone is 2. The van der Waals surface area contributed by atoms with Crippen LogP contribution >= 0.6 is 0 Å². The van der Waals surface area contributed by atoms with Crippen molar-refractivity contribution in [1.29, 1.82) is 0 Å². The summed E-state index contributed by atoms with van der Waals surface area (Å²) in [5.74, 6) is -14.7. The van der Waals surface area contributed by atoms with Crippen LogP contribution in [0.15, 0.2) is 97.2 Å². The van der Waals surface area contributed by atoms with Crippen LogP contribution in [0.5, 0.6) is 5.75 Å². The molecule has 0 saturated heterocycles. The number of aromatic amines is 1. The molecule has 0 spiro atoms. The van der Waals surface area contributed by atoms with Gasteiger partial charge in [0.05, 0.1) is 92.1 Å². The first-order chi connectivity index (χ1) is 70.8. The zero-order valence-electron chi connectivity index (χ0n) is 89.6. The third-order valence-electron chi connectivity index (χ3n) is 26.5. The summed E-state index contributed by atoms with van der Waals surface area (Å²) in [6, 6.07) is 4.65. The summed E-state index contributed by atoms with van der Waals surface area (Å²) in [5.41, 5.74) is 20.6. The van der Waals surface area contributed by atoms with Crippen LogP contribution in [-0.4, -0.2) is 297 Å². The Balaban J connectivity index is 1.45. The number of aliphatic carboxylic acids is 1. The van der Waals surface area contributed by atoms with E-state index in [0.29, 0.717) is 72.7 Å². The van der Waals surface area contributed by atoms with Crippen LogP contribution in [0.2, 0.25) is 0 Å². The molecule has 0 saturated carbocycles. The number of primary amides is 2. The first kappa shape index (κ1) is 128. The van der Waals surface area contributed by atoms with Gasteiger partial charge in [-0.1, -0.05) is 120 Å². The van der Waals surface area contributed by atoms with Crippen LogP contribution in [0.4, 0.5) is 0 Å². The second-order valence-electron chi connectivity index (χ2n) is 40.7. The fourth-order valence-electron chi connectivity index (χ4n) is 17.0. The fraction of sp³-hybridized carbons (Fsp3) is 0.607. The number of carbonyl (C=O) groups excluding carboxylic acids is 19. The number of para-hydroxylation sites is 1. The number of aliphatic hydroxyl groups excluding tert-OH is 1. The number of aliphatic hydroxyl groups is 1. The lowest BCUT2D eigenvalue weighted by molar-refractivity contribution is -0.144. The molecule has 0 unspecified atom stereocenters. The highest BCUT2D eigenvalue weighted by molar-refractivity contribution is 6.42. The maximum atomic E-state index is 15.7. The quantitative estimate of drug-likeness (QED) is 0.00985. The van der Waals surface area contributed by atoms with Crippen molar-refractivity contribution in [2.75, 3.05) is 53.0 Å². The topological polar surface area (TPSA) is 666 Å². The van der Waals surface area contributed by atoms with Crippen molar-refractivity contribution in [3.8, 4) is 5.75 Å². The first-order valence-electron chi connectivity index (χ1n) is 52.1. The van der Waals surface area contributed by atoms with Crippen molar-refractivity contribution in [1.82, 2.24) is 95.4 Å². The number of amides is 8. The molecule has 2 heterocycles. The number of aromatic hydroxyl groups is 1. The maximum Gasteiger partial charge on any atom is 0.303 e. The van der Waals surface area contributed by atoms with Crippen LogP contribution < -0.4 is 97.0 Å². The minimum Gasteiger partial charge on any atom is -0.508 e. The van der Waals surface area contributed by atoms with Crippen LogP contribution in [0.25, 0.3) is 10.9 Å². The number of carboxylic acids is 1. The van der Waals surface area contributed by atoms with Crippen LogP contribution in [0.3, 0.4) is 0 Å². The van der Waals surface area contributed by atoms with E-state index in [1.54, 1.807) is 121 Å². The van der Waals surface area contributed by atoms with Crippen LogP contribution in [-0.2, 0) is 115 Å². The molecule has 4 aromatic rings. The number of rotatable bonds is 53. The Morgan fingerprint density at radius 2 is 1.07 bits per heavy atom. The minimum atomic E-state index is -2.19. The van der Waals surface area contributed by atoms with Crippen molar-refractivity contribution in [2.45, 2.75) is 353 Å². The van der Waals surface area contributed by atoms with Gasteiger partial charge in [-0.25, -0.2) is 21.7 Å². The molecule has 17 atom stereocenters. The number of benzene rings is 3. The maximum absolute atomic E-state index is 15.7. The summed E-state index contributed by atoms with van der Waals surface area (Å²) in [4.78, 5) is 283. The lowest BCUT2D eigenvalue weighted by Gasteiger charge is -2.33. The summed E-state index contributed by atoms with van der Waals surface area (Å²) in [6.45, 7) is 22.1. The van der Waals surface area contributed by atoms with Crippen LogP contribution in [0, 0.1) is 11.8 Å². The summed E-state index contributed by atoms with van der Waals surface area (Å²) in [7, 11) is 1.67. The minimum absolute atomic E-state index is 0.000548. The van der Waals surface area contributed by atoms with Gasteiger partial charge in [-0.05, 0) is 187 Å². The fourth-order valence-corrected chi connectivity index (χ4v) is 17.0. The van der Waals surface area contributed by atoms with E-state index in [1.807, 2.05) is 26.0 Å². The molecule has 3 aromatic carbocycles. The predicted octanol–water partition coefficient (Wildman–Crippen LogP) is 1.80. The van der Waals surface area contributed by atoms with Gasteiger partial charge in [-0.3, -0.25) is 106 Å². The number of fused-ring (bicyclic) bond motifs is 1. The predicted molar refractivity (Wildman–Crippen MR) is 564 cm³/mol. The molecule has 1 aromatic heterocycles. The zero-order chi connectivity index (χ0) is 112. The summed E-state index contributed by atoms with van der Waals surface area (Å²) < 4.78 is 0. The van der Waals surface area contributed by atoms with Gasteiger partial charge in [0, 0.05) is 108 Å². The summed E-state index contributed by atoms with van der Waals surface area (Å²) in [5, 5.41) is 66.9. The molecule has 5 rings (SSSR count). The average Bonchev–Trinajstić information content (AvgIpc) is 1.14. The molecule has 24 N–H and O–H groups in total. The number of hydrogen-bond acceptors (Lipinski definition) is 33. The van der Waals surface area contributed by atoms with Gasteiger partial charge in [0.15, 0.2) is 28.9 Å². The second-order valence-corrected chi connectivity index (χ2v) is 40.7. The van der Waals surface area contributed by atoms with Crippen molar-refractivity contribution in [3.05, 3.63) is 114 Å². The van der Waals surface area contributed by atoms with E-state index in [9.17, 15) is 87.2 Å². The number of aromatic nitrogens is 1. The molecule has 43 nitrogen and oxygen atoms in total. The first-order valence-corrected chi connectivity index (χ1v) is 52.1. The standard InChI is InChI=1S/C107H164N20O23/c1-63(2)52-82(117-72(12)129)101(146)120-98(71(11)128)105(150)119-83(54-73-30-24-23-25-31-73)103(148)122-107(14)48-29-22-20-18-16-17-19-21-28-47-106(13,94(139)60-114-68(8)88(133)42-40-87(132)66(6)111-50-51-112-67(7)90(135)46-49-110-65(5)86(131)41-43-89(134)69(9)116-62-127(15)61-96(109)141)121-104(149)84(53-64(3)4)125-123-79(38-44-95(108)140)92(137)57-91(136)70(10)113-59-93(138)81(56-75-58-115-78-33-27-26-32-77(75)78)118-102(147)85(55-74-34-36-76(130)37-35-74)126-124-80(39-45-97(142)143)99(144)100(107)145/h17,19,23-27,30-37,58,63-71,79-85,98,110-116,123-126,128,130H,16,18,20-22,28-29,38-57,59-62H2,1-15H3,(H2,108,140)(H2,109,141)(H,117,129)(H,118,147)(H,119,150)(H,120,146)(H,121,149)(H,122,148)(H,142,143)/t65-,66-,67-,68-,69-,70-,71+,79-,80-,81-,82-,83-,84-,85-,98-,106-,107+/m0/s1. The highest BCUT2D eigenvalue weighted by Gasteiger charge is 2.45. The van der Waals surface area contributed by atoms with Crippen molar-refractivity contribution in [2.24, 2.45) is 23.3 Å². The Morgan fingerprint density at radius 1 is 0.520 bits per heavy atom. The number of Topliss-reactive ketones (excluding diaryl/α,β-unsaturated/α-hetero) is 11. The van der Waals surface area contributed by atoms with E-state index >= 15 is 24.0 Å². The number of likely N-dealkylation sites (N-methyl/N-ethyl adjacent to an activating group) is 1. The zero-order valence-corrected chi connectivity index (χ0v) is 89.6. The van der Waals surface area contributed by atoms with E-state index in [1.165, 1.54) is 58.9 Å². The highest BCUT2D eigenvalue weighted by Crippen LogP contribution is 2.26. The Bertz CT molecular complexity index is 5210. The number of carboxylic acid groups (broad SMARTS) is 1. The third-order valence-corrected chi connectivity index (χ3v) is 26.5. The number of H-pyrrole nitrogens is 1.